The van der Waals surface area contributed by atoms with Crippen molar-refractivity contribution in [1.82, 2.24) is 4.57 Å². The van der Waals surface area contributed by atoms with E-state index in [1.807, 2.05) is 0 Å². The Labute approximate surface area is 338 Å². The zero-order valence-electron chi connectivity index (χ0n) is 31.8. The van der Waals surface area contributed by atoms with Crippen LogP contribution in [0.2, 0.25) is 0 Å². The van der Waals surface area contributed by atoms with Crippen molar-refractivity contribution >= 4 is 60.4 Å². The first-order chi connectivity index (χ1) is 28.8. The molecule has 0 radical (unpaired) electrons. The second-order valence-corrected chi connectivity index (χ2v) is 14.9. The molecule has 2 heteroatoms. The van der Waals surface area contributed by atoms with E-state index in [1.165, 1.54) is 65.7 Å². The summed E-state index contributed by atoms with van der Waals surface area (Å²) in [6.07, 6.45) is 0. The molecule has 0 aliphatic carbocycles. The van der Waals surface area contributed by atoms with Gasteiger partial charge in [-0.25, -0.2) is 0 Å². The summed E-state index contributed by atoms with van der Waals surface area (Å²) < 4.78 is 2.47. The molecular weight excluding hydrogens is 701 g/mol. The van der Waals surface area contributed by atoms with E-state index in [0.717, 1.165) is 33.8 Å². The molecule has 11 rings (SSSR count). The Kier molecular flexibility index (Phi) is 8.19. The molecule has 1 aromatic heterocycles. The van der Waals surface area contributed by atoms with E-state index in [9.17, 15) is 0 Å². The Bertz CT molecular complexity index is 3280. The highest BCUT2D eigenvalue weighted by molar-refractivity contribution is 6.12. The molecule has 0 aliphatic heterocycles. The summed E-state index contributed by atoms with van der Waals surface area (Å²) in [5.74, 6) is 0. The Morgan fingerprint density at radius 1 is 0.293 bits per heavy atom. The Morgan fingerprint density at radius 3 is 1.64 bits per heavy atom. The molecule has 11 aromatic rings. The van der Waals surface area contributed by atoms with E-state index in [-0.39, 0.29) is 0 Å². The average molecular weight is 739 g/mol. The quantitative estimate of drug-likeness (QED) is 0.158. The lowest BCUT2D eigenvalue weighted by atomic mass is 9.94. The van der Waals surface area contributed by atoms with Gasteiger partial charge in [0.15, 0.2) is 0 Å². The van der Waals surface area contributed by atoms with E-state index >= 15 is 0 Å². The number of fused-ring (bicyclic) bond motifs is 5. The van der Waals surface area contributed by atoms with Gasteiger partial charge in [0.2, 0.25) is 0 Å². The average Bonchev–Trinajstić information content (AvgIpc) is 3.63. The number of nitrogens with zero attached hydrogens (tertiary/aromatic N) is 2. The monoisotopic (exact) mass is 738 g/mol. The van der Waals surface area contributed by atoms with Gasteiger partial charge in [-0.2, -0.15) is 0 Å². The number of hydrogen-bond donors (Lipinski definition) is 0. The fourth-order valence-corrected chi connectivity index (χ4v) is 8.94. The smallest absolute Gasteiger partial charge is 0.0562 e. The predicted octanol–water partition coefficient (Wildman–Crippen LogP) is 15.6. The largest absolute Gasteiger partial charge is 0.310 e. The summed E-state index contributed by atoms with van der Waals surface area (Å²) in [7, 11) is 0. The molecule has 0 N–H and O–H groups in total. The van der Waals surface area contributed by atoms with Gasteiger partial charge in [0, 0.05) is 33.3 Å². The molecule has 58 heavy (non-hydrogen) atoms. The molecule has 272 valence electrons. The number of rotatable bonds is 7. The van der Waals surface area contributed by atoms with Crippen LogP contribution in [0.1, 0.15) is 0 Å². The van der Waals surface area contributed by atoms with E-state index in [1.54, 1.807) is 0 Å². The highest BCUT2D eigenvalue weighted by Crippen LogP contribution is 2.46. The van der Waals surface area contributed by atoms with Crippen LogP contribution in [0.5, 0.6) is 0 Å². The van der Waals surface area contributed by atoms with Crippen molar-refractivity contribution in [1.29, 1.82) is 0 Å². The van der Waals surface area contributed by atoms with Crippen molar-refractivity contribution < 1.29 is 0 Å². The topological polar surface area (TPSA) is 8.17 Å². The van der Waals surface area contributed by atoms with E-state index < -0.39 is 0 Å². The van der Waals surface area contributed by atoms with Crippen LogP contribution in [0, 0.1) is 0 Å². The second kappa shape index (κ2) is 14.1. The summed E-state index contributed by atoms with van der Waals surface area (Å²) in [4.78, 5) is 2.44. The van der Waals surface area contributed by atoms with Gasteiger partial charge in [-0.15, -0.1) is 0 Å². The van der Waals surface area contributed by atoms with Crippen LogP contribution in [-0.4, -0.2) is 4.57 Å². The number of para-hydroxylation sites is 3. The van der Waals surface area contributed by atoms with Gasteiger partial charge < -0.3 is 9.47 Å². The van der Waals surface area contributed by atoms with Crippen LogP contribution >= 0.6 is 0 Å². The predicted molar refractivity (Wildman–Crippen MR) is 247 cm³/mol. The first kappa shape index (κ1) is 33.6. The van der Waals surface area contributed by atoms with Crippen molar-refractivity contribution in [2.24, 2.45) is 0 Å². The first-order valence-electron chi connectivity index (χ1n) is 19.9. The summed E-state index contributed by atoms with van der Waals surface area (Å²) in [6, 6.07) is 83.8. The third kappa shape index (κ3) is 5.66. The van der Waals surface area contributed by atoms with Gasteiger partial charge in [0.05, 0.1) is 22.4 Å². The molecule has 2 nitrogen and oxygen atoms in total. The number of benzene rings is 10. The molecule has 0 atom stereocenters. The molecule has 0 unspecified atom stereocenters. The van der Waals surface area contributed by atoms with Gasteiger partial charge in [0.25, 0.3) is 0 Å². The second-order valence-electron chi connectivity index (χ2n) is 14.9. The number of aromatic nitrogens is 1. The third-order valence-electron chi connectivity index (χ3n) is 11.6. The zero-order valence-corrected chi connectivity index (χ0v) is 31.8. The molecule has 0 amide bonds. The molecule has 0 spiro atoms. The number of anilines is 3. The van der Waals surface area contributed by atoms with Crippen LogP contribution in [0.25, 0.3) is 82.4 Å². The minimum atomic E-state index is 1.08. The standard InChI is InChI=1S/C56H38N2/c1-3-17-41(18-4-1)48-35-33-42(47-29-15-21-39-19-7-9-25-45(39)47)37-55(48)57(43-23-5-2-6-24-43)44-34-36-52-51-28-12-14-32-54(51)58(56(52)38-44)53-31-13-11-27-50(53)49-30-16-22-40-20-8-10-26-46(40)49/h1-38H. The maximum absolute atomic E-state index is 2.47. The lowest BCUT2D eigenvalue weighted by Crippen LogP contribution is -2.11. The lowest BCUT2D eigenvalue weighted by Gasteiger charge is -2.29. The minimum absolute atomic E-state index is 1.08. The Hall–Kier alpha value is -7.68. The summed E-state index contributed by atoms with van der Waals surface area (Å²) in [5.41, 5.74) is 13.9. The van der Waals surface area contributed by atoms with Crippen LogP contribution < -0.4 is 4.90 Å². The molecule has 1 heterocycles. The fraction of sp³-hybridized carbons (Fsp3) is 0. The summed E-state index contributed by atoms with van der Waals surface area (Å²) in [6.45, 7) is 0. The van der Waals surface area contributed by atoms with Crippen LogP contribution in [0.15, 0.2) is 231 Å². The van der Waals surface area contributed by atoms with E-state index in [0.29, 0.717) is 0 Å². The summed E-state index contributed by atoms with van der Waals surface area (Å²) in [5, 5.41) is 7.39. The van der Waals surface area contributed by atoms with Crippen LogP contribution in [0.4, 0.5) is 17.1 Å². The highest BCUT2D eigenvalue weighted by Gasteiger charge is 2.22. The van der Waals surface area contributed by atoms with Crippen molar-refractivity contribution in [2.75, 3.05) is 4.90 Å². The third-order valence-corrected chi connectivity index (χ3v) is 11.6. The zero-order chi connectivity index (χ0) is 38.4. The highest BCUT2D eigenvalue weighted by atomic mass is 15.1. The fourth-order valence-electron chi connectivity index (χ4n) is 8.94. The molecule has 0 saturated heterocycles. The molecule has 10 aromatic carbocycles. The van der Waals surface area contributed by atoms with Gasteiger partial charge >= 0.3 is 0 Å². The van der Waals surface area contributed by atoms with Crippen molar-refractivity contribution in [3.05, 3.63) is 231 Å². The minimum Gasteiger partial charge on any atom is -0.310 e. The Morgan fingerprint density at radius 2 is 0.862 bits per heavy atom. The summed E-state index contributed by atoms with van der Waals surface area (Å²) >= 11 is 0. The van der Waals surface area contributed by atoms with Gasteiger partial charge in [-0.1, -0.05) is 188 Å². The van der Waals surface area contributed by atoms with Gasteiger partial charge in [0.1, 0.15) is 0 Å². The van der Waals surface area contributed by atoms with Crippen molar-refractivity contribution in [3.8, 4) is 39.1 Å². The van der Waals surface area contributed by atoms with Crippen LogP contribution in [-0.2, 0) is 0 Å². The molecule has 0 bridgehead atoms. The lowest BCUT2D eigenvalue weighted by molar-refractivity contribution is 1.18. The molecular formula is C56H38N2. The molecule has 0 saturated carbocycles. The van der Waals surface area contributed by atoms with E-state index in [4.69, 9.17) is 0 Å². The number of hydrogen-bond acceptors (Lipinski definition) is 1. The van der Waals surface area contributed by atoms with Gasteiger partial charge in [-0.3, -0.25) is 0 Å². The SMILES string of the molecule is c1ccc(-c2ccc(-c3cccc4ccccc34)cc2N(c2ccccc2)c2ccc3c4ccccc4n(-c4ccccc4-c4cccc5ccccc45)c3c2)cc1. The van der Waals surface area contributed by atoms with Gasteiger partial charge in [-0.05, 0) is 86.3 Å². The molecule has 0 fully saturated rings. The maximum atomic E-state index is 2.47. The molecule has 0 aliphatic rings. The van der Waals surface area contributed by atoms with Crippen molar-refractivity contribution in [3.63, 3.8) is 0 Å². The Balaban J connectivity index is 1.19. The van der Waals surface area contributed by atoms with Crippen molar-refractivity contribution in [2.45, 2.75) is 0 Å². The normalized spacial score (nSPS) is 11.4. The van der Waals surface area contributed by atoms with Crippen LogP contribution in [0.3, 0.4) is 0 Å². The maximum Gasteiger partial charge on any atom is 0.0562 e. The van der Waals surface area contributed by atoms with E-state index in [2.05, 4.69) is 240 Å². The first-order valence-corrected chi connectivity index (χ1v) is 19.9.